The minimum absolute atomic E-state index is 0.294. The highest BCUT2D eigenvalue weighted by Crippen LogP contribution is 2.42. The van der Waals surface area contributed by atoms with Crippen molar-refractivity contribution >= 4 is 11.8 Å². The highest BCUT2D eigenvalue weighted by molar-refractivity contribution is 6.04. The first kappa shape index (κ1) is 17.8. The number of H-pyrrole nitrogens is 1. The number of nitrogens with zero attached hydrogens (tertiary/aromatic N) is 4. The van der Waals surface area contributed by atoms with E-state index in [0.29, 0.717) is 5.92 Å². The van der Waals surface area contributed by atoms with Crippen molar-refractivity contribution in [3.05, 3.63) is 83.2 Å². The molecule has 2 aliphatic rings. The van der Waals surface area contributed by atoms with Crippen LogP contribution in [0.2, 0.25) is 0 Å². The third kappa shape index (κ3) is 2.95. The third-order valence-corrected chi connectivity index (χ3v) is 6.19. The molecule has 0 unspecified atom stereocenters. The van der Waals surface area contributed by atoms with Crippen LogP contribution in [-0.4, -0.2) is 33.0 Å². The summed E-state index contributed by atoms with van der Waals surface area (Å²) in [6.45, 7) is 0. The molecular formula is C23H23N5O. The van der Waals surface area contributed by atoms with Gasteiger partial charge in [-0.1, -0.05) is 23.7 Å². The molecule has 0 aliphatic heterocycles. The molecule has 29 heavy (non-hydrogen) atoms. The molecule has 6 nitrogen and oxygen atoms in total. The van der Waals surface area contributed by atoms with Crippen molar-refractivity contribution < 1.29 is 4.84 Å². The Balaban J connectivity index is 1.60. The molecule has 0 atom stereocenters. The van der Waals surface area contributed by atoms with E-state index in [1.807, 2.05) is 24.8 Å². The average molecular weight is 385 g/mol. The number of rotatable bonds is 5. The van der Waals surface area contributed by atoms with Gasteiger partial charge in [-0.15, -0.1) is 0 Å². The van der Waals surface area contributed by atoms with Gasteiger partial charge in [0.1, 0.15) is 18.5 Å². The van der Waals surface area contributed by atoms with Crippen LogP contribution < -0.4 is 0 Å². The zero-order valence-electron chi connectivity index (χ0n) is 16.4. The van der Waals surface area contributed by atoms with Crippen LogP contribution in [0.5, 0.6) is 0 Å². The van der Waals surface area contributed by atoms with Gasteiger partial charge in [0.25, 0.3) is 0 Å². The molecular weight excluding hydrogens is 362 g/mol. The molecule has 1 saturated carbocycles. The summed E-state index contributed by atoms with van der Waals surface area (Å²) < 4.78 is 0. The van der Waals surface area contributed by atoms with Crippen LogP contribution in [0.3, 0.4) is 0 Å². The van der Waals surface area contributed by atoms with E-state index in [9.17, 15) is 0 Å². The second-order valence-corrected chi connectivity index (χ2v) is 7.70. The van der Waals surface area contributed by atoms with Gasteiger partial charge in [-0.05, 0) is 48.2 Å². The third-order valence-electron chi connectivity index (χ3n) is 6.19. The van der Waals surface area contributed by atoms with E-state index >= 15 is 0 Å². The maximum Gasteiger partial charge on any atom is 0.117 e. The van der Waals surface area contributed by atoms with E-state index in [1.165, 1.54) is 17.5 Å². The Bertz CT molecular complexity index is 1010. The van der Waals surface area contributed by atoms with Gasteiger partial charge < -0.3 is 4.84 Å². The van der Waals surface area contributed by atoms with Gasteiger partial charge in [0, 0.05) is 53.8 Å². The van der Waals surface area contributed by atoms with Gasteiger partial charge in [0.15, 0.2) is 0 Å². The predicted molar refractivity (Wildman–Crippen MR) is 111 cm³/mol. The molecule has 0 radical (unpaired) electrons. The van der Waals surface area contributed by atoms with Crippen LogP contribution in [0.4, 0.5) is 0 Å². The van der Waals surface area contributed by atoms with E-state index < -0.39 is 0 Å². The van der Waals surface area contributed by atoms with Gasteiger partial charge in [-0.25, -0.2) is 0 Å². The number of allylic oxidation sites excluding steroid dienone is 1. The molecule has 6 heteroatoms. The quantitative estimate of drug-likeness (QED) is 0.534. The van der Waals surface area contributed by atoms with Crippen LogP contribution in [0.15, 0.2) is 60.3 Å². The highest BCUT2D eigenvalue weighted by atomic mass is 16.6. The second kappa shape index (κ2) is 7.28. The molecule has 1 N–H and O–H groups in total. The smallest absolute Gasteiger partial charge is 0.117 e. The summed E-state index contributed by atoms with van der Waals surface area (Å²) in [5, 5.41) is 12.3. The average Bonchev–Trinajstić information content (AvgIpc) is 3.16. The number of aromatic nitrogens is 4. The molecule has 3 heterocycles. The van der Waals surface area contributed by atoms with E-state index in [4.69, 9.17) is 4.84 Å². The molecule has 2 aliphatic carbocycles. The molecule has 0 bridgehead atoms. The fourth-order valence-corrected chi connectivity index (χ4v) is 4.41. The lowest BCUT2D eigenvalue weighted by molar-refractivity contribution is 0.208. The summed E-state index contributed by atoms with van der Waals surface area (Å²) >= 11 is 0. The van der Waals surface area contributed by atoms with E-state index in [2.05, 4.69) is 61.7 Å². The largest absolute Gasteiger partial charge is 0.399 e. The zero-order valence-corrected chi connectivity index (χ0v) is 16.4. The molecule has 0 saturated heterocycles. The molecule has 146 valence electrons. The number of pyridine rings is 2. The normalized spacial score (nSPS) is 18.2. The molecule has 0 spiro atoms. The Morgan fingerprint density at radius 2 is 1.72 bits per heavy atom. The number of hydrogen-bond acceptors (Lipinski definition) is 5. The number of nitrogens with one attached hydrogen (secondary N) is 1. The monoisotopic (exact) mass is 385 g/mol. The van der Waals surface area contributed by atoms with Gasteiger partial charge in [0.05, 0.1) is 0 Å². The molecule has 0 amide bonds. The minimum atomic E-state index is -0.294. The first-order valence-electron chi connectivity index (χ1n) is 10.0. The number of oxime groups is 1. The Hall–Kier alpha value is -3.28. The summed E-state index contributed by atoms with van der Waals surface area (Å²) in [6.07, 6.45) is 16.2. The maximum atomic E-state index is 5.15. The summed E-state index contributed by atoms with van der Waals surface area (Å²) in [5.74, 6) is 0.433. The first-order chi connectivity index (χ1) is 14.3. The van der Waals surface area contributed by atoms with E-state index in [1.54, 1.807) is 7.11 Å². The SMILES string of the molecule is CON=C(c1n[nH]c2c1C=CC(c1ccncc1)(c1ccncc1)C2)C1CCC1. The Morgan fingerprint density at radius 3 is 2.28 bits per heavy atom. The standard InChI is InChI=1S/C23H23N5O/c1-29-28-21(16-3-2-4-16)22-19-5-10-23(15-20(19)26-27-22,17-6-11-24-12-7-17)18-8-13-25-14-9-18/h5-14,16H,2-4,15H2,1H3,(H,26,27). The van der Waals surface area contributed by atoms with Crippen LogP contribution in [-0.2, 0) is 16.7 Å². The predicted octanol–water partition coefficient (Wildman–Crippen LogP) is 3.91. The number of aromatic amines is 1. The lowest BCUT2D eigenvalue weighted by Gasteiger charge is -2.34. The molecule has 5 rings (SSSR count). The van der Waals surface area contributed by atoms with Crippen molar-refractivity contribution in [3.8, 4) is 0 Å². The lowest BCUT2D eigenvalue weighted by Crippen LogP contribution is -2.31. The zero-order chi connectivity index (χ0) is 19.7. The number of fused-ring (bicyclic) bond motifs is 1. The summed E-state index contributed by atoms with van der Waals surface area (Å²) in [5.41, 5.74) is 6.20. The molecule has 1 fully saturated rings. The Labute approximate surface area is 169 Å². The van der Waals surface area contributed by atoms with E-state index in [0.717, 1.165) is 41.9 Å². The van der Waals surface area contributed by atoms with Crippen molar-refractivity contribution in [2.24, 2.45) is 11.1 Å². The van der Waals surface area contributed by atoms with E-state index in [-0.39, 0.29) is 5.41 Å². The highest BCUT2D eigenvalue weighted by Gasteiger charge is 2.38. The minimum Gasteiger partial charge on any atom is -0.399 e. The van der Waals surface area contributed by atoms with Crippen molar-refractivity contribution in [1.82, 2.24) is 20.2 Å². The second-order valence-electron chi connectivity index (χ2n) is 7.70. The summed E-state index contributed by atoms with van der Waals surface area (Å²) in [7, 11) is 1.60. The van der Waals surface area contributed by atoms with Gasteiger partial charge >= 0.3 is 0 Å². The fourth-order valence-electron chi connectivity index (χ4n) is 4.41. The maximum absolute atomic E-state index is 5.15. The van der Waals surface area contributed by atoms with Crippen molar-refractivity contribution in [2.75, 3.05) is 7.11 Å². The fraction of sp³-hybridized carbons (Fsp3) is 0.304. The van der Waals surface area contributed by atoms with Crippen LogP contribution in [0.25, 0.3) is 6.08 Å². The molecule has 0 aromatic carbocycles. The summed E-state index contributed by atoms with van der Waals surface area (Å²) in [6, 6.07) is 8.33. The van der Waals surface area contributed by atoms with Crippen LogP contribution >= 0.6 is 0 Å². The van der Waals surface area contributed by atoms with Gasteiger partial charge in [-0.3, -0.25) is 15.1 Å². The Morgan fingerprint density at radius 1 is 1.07 bits per heavy atom. The lowest BCUT2D eigenvalue weighted by atomic mass is 9.68. The van der Waals surface area contributed by atoms with Crippen molar-refractivity contribution in [1.29, 1.82) is 0 Å². The summed E-state index contributed by atoms with van der Waals surface area (Å²) in [4.78, 5) is 13.6. The van der Waals surface area contributed by atoms with Crippen molar-refractivity contribution in [2.45, 2.75) is 31.1 Å². The first-order valence-corrected chi connectivity index (χ1v) is 10.0. The Kier molecular flexibility index (Phi) is 4.46. The van der Waals surface area contributed by atoms with Gasteiger partial charge in [-0.2, -0.15) is 5.10 Å². The van der Waals surface area contributed by atoms with Crippen molar-refractivity contribution in [3.63, 3.8) is 0 Å². The van der Waals surface area contributed by atoms with Crippen LogP contribution in [0.1, 0.15) is 47.3 Å². The van der Waals surface area contributed by atoms with Crippen LogP contribution in [0, 0.1) is 5.92 Å². The topological polar surface area (TPSA) is 76.1 Å². The molecule has 3 aromatic heterocycles. The van der Waals surface area contributed by atoms with Gasteiger partial charge in [0.2, 0.25) is 0 Å². The molecule has 3 aromatic rings. The number of hydrogen-bond donors (Lipinski definition) is 1.